The van der Waals surface area contributed by atoms with Gasteiger partial charge in [0.15, 0.2) is 5.01 Å². The predicted octanol–water partition coefficient (Wildman–Crippen LogP) is 5.18. The van der Waals surface area contributed by atoms with Gasteiger partial charge in [-0.25, -0.2) is 9.50 Å². The molecule has 0 atom stereocenters. The molecule has 0 N–H and O–H groups in total. The number of fused-ring (bicyclic) bond motifs is 1. The van der Waals surface area contributed by atoms with E-state index in [9.17, 15) is 0 Å². The SMILES string of the molecule is Clc1ccc(OCc2nn3c(CN4CCOCC4)c(-c4ccccc4)nc3s2)c(Cl)c1. The minimum absolute atomic E-state index is 0.313. The maximum atomic E-state index is 6.22. The molecule has 160 valence electrons. The van der Waals surface area contributed by atoms with Crippen LogP contribution in [0.1, 0.15) is 10.7 Å². The van der Waals surface area contributed by atoms with Crippen LogP contribution in [0.4, 0.5) is 0 Å². The number of nitrogens with zero attached hydrogens (tertiary/aromatic N) is 4. The summed E-state index contributed by atoms with van der Waals surface area (Å²) in [4.78, 5) is 8.14. The van der Waals surface area contributed by atoms with E-state index in [2.05, 4.69) is 17.0 Å². The van der Waals surface area contributed by atoms with Crippen LogP contribution >= 0.6 is 34.5 Å². The van der Waals surface area contributed by atoms with Gasteiger partial charge in [-0.15, -0.1) is 0 Å². The van der Waals surface area contributed by atoms with Crippen LogP contribution in [0.3, 0.4) is 0 Å². The number of morpholine rings is 1. The Morgan fingerprint density at radius 3 is 2.65 bits per heavy atom. The number of imidazole rings is 1. The molecule has 0 unspecified atom stereocenters. The first-order chi connectivity index (χ1) is 15.2. The van der Waals surface area contributed by atoms with Crippen molar-refractivity contribution in [3.63, 3.8) is 0 Å². The molecule has 0 bridgehead atoms. The molecule has 0 aliphatic carbocycles. The molecule has 2 aromatic carbocycles. The quantitative estimate of drug-likeness (QED) is 0.385. The smallest absolute Gasteiger partial charge is 0.213 e. The van der Waals surface area contributed by atoms with Crippen LogP contribution in [0.5, 0.6) is 5.75 Å². The number of rotatable bonds is 6. The Balaban J connectivity index is 1.44. The molecule has 0 amide bonds. The lowest BCUT2D eigenvalue weighted by Gasteiger charge is -2.26. The van der Waals surface area contributed by atoms with E-state index in [0.717, 1.165) is 59.8 Å². The van der Waals surface area contributed by atoms with Gasteiger partial charge in [0.25, 0.3) is 0 Å². The molecular weight excluding hydrogens is 455 g/mol. The molecule has 4 aromatic rings. The molecule has 0 spiro atoms. The van der Waals surface area contributed by atoms with E-state index in [1.54, 1.807) is 18.2 Å². The van der Waals surface area contributed by atoms with Gasteiger partial charge in [-0.05, 0) is 18.2 Å². The third kappa shape index (κ3) is 4.56. The van der Waals surface area contributed by atoms with Crippen LogP contribution in [0, 0.1) is 0 Å². The minimum atomic E-state index is 0.313. The average Bonchev–Trinajstić information content (AvgIpc) is 3.33. The molecule has 9 heteroatoms. The second-order valence-electron chi connectivity index (χ2n) is 7.22. The Morgan fingerprint density at radius 2 is 1.87 bits per heavy atom. The molecule has 1 aliphatic heterocycles. The summed E-state index contributed by atoms with van der Waals surface area (Å²) in [5, 5.41) is 6.69. The molecule has 3 heterocycles. The van der Waals surface area contributed by atoms with Gasteiger partial charge >= 0.3 is 0 Å². The molecule has 5 rings (SSSR count). The molecule has 1 saturated heterocycles. The number of benzene rings is 2. The summed E-state index contributed by atoms with van der Waals surface area (Å²) in [6.45, 7) is 4.38. The van der Waals surface area contributed by atoms with Crippen LogP contribution in [0.2, 0.25) is 10.0 Å². The lowest BCUT2D eigenvalue weighted by molar-refractivity contribution is 0.0335. The first-order valence-electron chi connectivity index (χ1n) is 9.98. The third-order valence-electron chi connectivity index (χ3n) is 5.11. The highest BCUT2D eigenvalue weighted by atomic mass is 35.5. The Bertz CT molecular complexity index is 1190. The van der Waals surface area contributed by atoms with Crippen LogP contribution in [-0.2, 0) is 17.9 Å². The average molecular weight is 475 g/mol. The largest absolute Gasteiger partial charge is 0.485 e. The molecule has 1 fully saturated rings. The summed E-state index contributed by atoms with van der Waals surface area (Å²) in [5.74, 6) is 0.581. The number of ether oxygens (including phenoxy) is 2. The van der Waals surface area contributed by atoms with Gasteiger partial charge in [-0.3, -0.25) is 4.90 Å². The lowest BCUT2D eigenvalue weighted by Crippen LogP contribution is -2.36. The maximum absolute atomic E-state index is 6.22. The summed E-state index contributed by atoms with van der Waals surface area (Å²) in [6, 6.07) is 15.4. The molecule has 2 aromatic heterocycles. The van der Waals surface area contributed by atoms with Crippen molar-refractivity contribution < 1.29 is 9.47 Å². The zero-order valence-corrected chi connectivity index (χ0v) is 19.0. The van der Waals surface area contributed by atoms with Crippen molar-refractivity contribution in [2.75, 3.05) is 26.3 Å². The van der Waals surface area contributed by atoms with Crippen LogP contribution in [0.25, 0.3) is 16.2 Å². The van der Waals surface area contributed by atoms with Crippen molar-refractivity contribution >= 4 is 39.5 Å². The summed E-state index contributed by atoms with van der Waals surface area (Å²) in [5.41, 5.74) is 3.14. The van der Waals surface area contributed by atoms with E-state index in [4.69, 9.17) is 42.8 Å². The molecule has 6 nitrogen and oxygen atoms in total. The molecule has 1 aliphatic rings. The normalized spacial score (nSPS) is 14.9. The van der Waals surface area contributed by atoms with Gasteiger partial charge in [-0.2, -0.15) is 5.10 Å². The van der Waals surface area contributed by atoms with Gasteiger partial charge in [0, 0.05) is 30.2 Å². The maximum Gasteiger partial charge on any atom is 0.213 e. The highest BCUT2D eigenvalue weighted by molar-refractivity contribution is 7.16. The fourth-order valence-electron chi connectivity index (χ4n) is 3.56. The molecular formula is C22H20Cl2N4O2S. The second-order valence-corrected chi connectivity index (χ2v) is 9.10. The van der Waals surface area contributed by atoms with E-state index in [-0.39, 0.29) is 0 Å². The fourth-order valence-corrected chi connectivity index (χ4v) is 4.85. The van der Waals surface area contributed by atoms with E-state index in [0.29, 0.717) is 22.4 Å². The van der Waals surface area contributed by atoms with Crippen molar-refractivity contribution in [3.8, 4) is 17.0 Å². The van der Waals surface area contributed by atoms with Gasteiger partial charge in [0.05, 0.1) is 29.6 Å². The van der Waals surface area contributed by atoms with Crippen molar-refractivity contribution in [3.05, 3.63) is 69.3 Å². The zero-order chi connectivity index (χ0) is 21.2. The van der Waals surface area contributed by atoms with Crippen molar-refractivity contribution in [1.29, 1.82) is 0 Å². The number of aromatic nitrogens is 3. The molecule has 31 heavy (non-hydrogen) atoms. The van der Waals surface area contributed by atoms with E-state index < -0.39 is 0 Å². The first kappa shape index (κ1) is 20.7. The van der Waals surface area contributed by atoms with Crippen molar-refractivity contribution in [1.82, 2.24) is 19.5 Å². The summed E-state index contributed by atoms with van der Waals surface area (Å²) in [6.07, 6.45) is 0. The third-order valence-corrected chi connectivity index (χ3v) is 6.52. The van der Waals surface area contributed by atoms with Crippen LogP contribution < -0.4 is 4.74 Å². The summed E-state index contributed by atoms with van der Waals surface area (Å²) < 4.78 is 13.3. The van der Waals surface area contributed by atoms with E-state index in [1.165, 1.54) is 11.3 Å². The first-order valence-corrected chi connectivity index (χ1v) is 11.6. The molecule has 0 radical (unpaired) electrons. The zero-order valence-electron chi connectivity index (χ0n) is 16.6. The lowest BCUT2D eigenvalue weighted by atomic mass is 10.1. The Kier molecular flexibility index (Phi) is 6.11. The summed E-state index contributed by atoms with van der Waals surface area (Å²) >= 11 is 13.7. The molecule has 0 saturated carbocycles. The Hall–Kier alpha value is -2.16. The highest BCUT2D eigenvalue weighted by Crippen LogP contribution is 2.31. The highest BCUT2D eigenvalue weighted by Gasteiger charge is 2.21. The monoisotopic (exact) mass is 474 g/mol. The van der Waals surface area contributed by atoms with Gasteiger partial charge in [0.1, 0.15) is 12.4 Å². The van der Waals surface area contributed by atoms with Gasteiger partial charge in [-0.1, -0.05) is 64.9 Å². The van der Waals surface area contributed by atoms with Gasteiger partial charge in [0.2, 0.25) is 4.96 Å². The van der Waals surface area contributed by atoms with Gasteiger partial charge < -0.3 is 9.47 Å². The Labute approximate surface area is 193 Å². The number of hydrogen-bond acceptors (Lipinski definition) is 6. The van der Waals surface area contributed by atoms with Crippen molar-refractivity contribution in [2.45, 2.75) is 13.2 Å². The topological polar surface area (TPSA) is 51.9 Å². The van der Waals surface area contributed by atoms with Crippen LogP contribution in [0.15, 0.2) is 48.5 Å². The minimum Gasteiger partial charge on any atom is -0.485 e. The predicted molar refractivity (Wildman–Crippen MR) is 123 cm³/mol. The van der Waals surface area contributed by atoms with Crippen molar-refractivity contribution in [2.24, 2.45) is 0 Å². The van der Waals surface area contributed by atoms with Crippen LogP contribution in [-0.4, -0.2) is 45.8 Å². The second kappa shape index (κ2) is 9.14. The van der Waals surface area contributed by atoms with E-state index >= 15 is 0 Å². The number of halogens is 2. The fraction of sp³-hybridized carbons (Fsp3) is 0.273. The standard InChI is InChI=1S/C22H20Cl2N4O2S/c23-16-6-7-19(17(24)12-16)30-14-20-26-28-18(13-27-8-10-29-11-9-27)21(25-22(28)31-20)15-4-2-1-3-5-15/h1-7,12H,8-11,13-14H2. The van der Waals surface area contributed by atoms with E-state index in [1.807, 2.05) is 22.7 Å². The number of hydrogen-bond donors (Lipinski definition) is 0. The summed E-state index contributed by atoms with van der Waals surface area (Å²) in [7, 11) is 0. The Morgan fingerprint density at radius 1 is 1.06 bits per heavy atom.